The largest absolute Gasteiger partial charge is 0.481 e. The molecule has 2 aromatic heterocycles. The first-order chi connectivity index (χ1) is 14.9. The van der Waals surface area contributed by atoms with Crippen LogP contribution in [-0.4, -0.2) is 30.7 Å². The molecular weight excluding hydrogens is 421 g/mol. The molecule has 5 rings (SSSR count). The highest BCUT2D eigenvalue weighted by Crippen LogP contribution is 2.43. The number of sulfonamides is 1. The van der Waals surface area contributed by atoms with Crippen molar-refractivity contribution in [2.75, 3.05) is 12.4 Å². The molecule has 0 spiro atoms. The Kier molecular flexibility index (Phi) is 4.90. The third-order valence-electron chi connectivity index (χ3n) is 6.00. The molecule has 0 saturated heterocycles. The summed E-state index contributed by atoms with van der Waals surface area (Å²) in [7, 11) is -2.00. The second-order valence-corrected chi connectivity index (χ2v) is 9.64. The number of halogens is 1. The number of ether oxygens (including phenoxy) is 1. The van der Waals surface area contributed by atoms with Crippen LogP contribution in [0, 0.1) is 5.82 Å². The van der Waals surface area contributed by atoms with Crippen LogP contribution in [0.3, 0.4) is 0 Å². The summed E-state index contributed by atoms with van der Waals surface area (Å²) in [6, 6.07) is 10.3. The first-order valence-corrected chi connectivity index (χ1v) is 11.6. The van der Waals surface area contributed by atoms with Crippen molar-refractivity contribution in [1.29, 1.82) is 0 Å². The van der Waals surface area contributed by atoms with Crippen molar-refractivity contribution >= 4 is 21.5 Å². The Labute approximate surface area is 179 Å². The van der Waals surface area contributed by atoms with E-state index in [0.717, 1.165) is 36.7 Å². The van der Waals surface area contributed by atoms with Gasteiger partial charge in [0.05, 0.1) is 17.7 Å². The summed E-state index contributed by atoms with van der Waals surface area (Å²) in [4.78, 5) is 4.55. The molecule has 3 N–H and O–H groups in total. The predicted octanol–water partition coefficient (Wildman–Crippen LogP) is 3.54. The molecule has 0 bridgehead atoms. The van der Waals surface area contributed by atoms with Gasteiger partial charge >= 0.3 is 0 Å². The minimum absolute atomic E-state index is 0.0126. The van der Waals surface area contributed by atoms with Crippen LogP contribution in [0.15, 0.2) is 41.3 Å². The van der Waals surface area contributed by atoms with Gasteiger partial charge in [-0.2, -0.15) is 5.10 Å². The van der Waals surface area contributed by atoms with Crippen molar-refractivity contribution in [2.24, 2.45) is 0 Å². The summed E-state index contributed by atoms with van der Waals surface area (Å²) in [6.45, 7) is 0.153. The Hall–Kier alpha value is -2.98. The number of fused-ring (bicyclic) bond motifs is 1. The van der Waals surface area contributed by atoms with Crippen LogP contribution in [0.5, 0.6) is 5.88 Å². The minimum Gasteiger partial charge on any atom is -0.481 e. The molecule has 3 aromatic rings. The summed E-state index contributed by atoms with van der Waals surface area (Å²) in [6.07, 6.45) is 2.97. The molecule has 162 valence electrons. The quantitative estimate of drug-likeness (QED) is 0.557. The second kappa shape index (κ2) is 7.61. The lowest BCUT2D eigenvalue weighted by atomic mass is 9.99. The molecule has 2 aliphatic rings. The third-order valence-corrected chi connectivity index (χ3v) is 7.48. The molecular formula is C21H22FN5O3S. The number of methoxy groups -OCH3 is 1. The number of pyridine rings is 1. The zero-order chi connectivity index (χ0) is 21.6. The van der Waals surface area contributed by atoms with Crippen molar-refractivity contribution in [1.82, 2.24) is 19.9 Å². The Bertz CT molecular complexity index is 1240. The minimum atomic E-state index is -3.61. The summed E-state index contributed by atoms with van der Waals surface area (Å²) in [5.41, 5.74) is 2.74. The van der Waals surface area contributed by atoms with Gasteiger partial charge < -0.3 is 10.1 Å². The summed E-state index contributed by atoms with van der Waals surface area (Å²) < 4.78 is 45.8. The molecule has 8 nitrogen and oxygen atoms in total. The fourth-order valence-corrected chi connectivity index (χ4v) is 5.62. The molecule has 1 aliphatic heterocycles. The molecule has 1 aliphatic carbocycles. The molecule has 1 fully saturated rings. The van der Waals surface area contributed by atoms with E-state index in [0.29, 0.717) is 29.1 Å². The van der Waals surface area contributed by atoms with Crippen molar-refractivity contribution in [3.8, 4) is 5.88 Å². The topological polar surface area (TPSA) is 109 Å². The molecule has 1 saturated carbocycles. The fourth-order valence-electron chi connectivity index (χ4n) is 4.39. The van der Waals surface area contributed by atoms with E-state index in [1.54, 1.807) is 7.11 Å². The molecule has 10 heteroatoms. The smallest absolute Gasteiger partial charge is 0.241 e. The third kappa shape index (κ3) is 3.77. The normalized spacial score (nSPS) is 21.7. The number of hydrogen-bond acceptors (Lipinski definition) is 6. The number of nitrogens with one attached hydrogen (secondary N) is 3. The summed E-state index contributed by atoms with van der Waals surface area (Å²) in [5, 5.41) is 10.3. The molecule has 3 heterocycles. The average Bonchev–Trinajstić information content (AvgIpc) is 3.49. The van der Waals surface area contributed by atoms with Gasteiger partial charge in [-0.05, 0) is 43.0 Å². The SMILES string of the molecule is COc1cccc(C2CCC(c3cc(Nc4cc5c(cc4F)S(=O)(=O)NC5)n[nH]3)C2)n1. The number of rotatable bonds is 5. The van der Waals surface area contributed by atoms with Gasteiger partial charge in [-0.15, -0.1) is 0 Å². The lowest BCUT2D eigenvalue weighted by molar-refractivity contribution is 0.395. The van der Waals surface area contributed by atoms with Crippen molar-refractivity contribution < 1.29 is 17.5 Å². The van der Waals surface area contributed by atoms with Crippen LogP contribution in [0.1, 0.15) is 48.0 Å². The van der Waals surface area contributed by atoms with Crippen LogP contribution in [-0.2, 0) is 16.6 Å². The number of aromatic amines is 1. The van der Waals surface area contributed by atoms with E-state index in [1.807, 2.05) is 24.3 Å². The predicted molar refractivity (Wildman–Crippen MR) is 112 cm³/mol. The fraction of sp³-hybridized carbons (Fsp3) is 0.333. The lowest BCUT2D eigenvalue weighted by Gasteiger charge is -2.11. The van der Waals surface area contributed by atoms with Crippen molar-refractivity contribution in [3.05, 3.63) is 59.2 Å². The maximum absolute atomic E-state index is 14.5. The Balaban J connectivity index is 1.30. The second-order valence-electron chi connectivity index (χ2n) is 7.91. The van der Waals surface area contributed by atoms with Crippen LogP contribution >= 0.6 is 0 Å². The van der Waals surface area contributed by atoms with Crippen LogP contribution < -0.4 is 14.8 Å². The maximum Gasteiger partial charge on any atom is 0.241 e. The Morgan fingerprint density at radius 2 is 2.03 bits per heavy atom. The molecule has 2 unspecified atom stereocenters. The van der Waals surface area contributed by atoms with E-state index in [2.05, 4.69) is 25.2 Å². The monoisotopic (exact) mass is 443 g/mol. The molecule has 0 amide bonds. The number of H-pyrrole nitrogens is 1. The number of benzene rings is 1. The molecule has 0 radical (unpaired) electrons. The summed E-state index contributed by atoms with van der Waals surface area (Å²) >= 11 is 0. The number of aromatic nitrogens is 3. The Morgan fingerprint density at radius 3 is 2.87 bits per heavy atom. The number of anilines is 2. The van der Waals surface area contributed by atoms with E-state index in [9.17, 15) is 12.8 Å². The first-order valence-electron chi connectivity index (χ1n) is 10.1. The van der Waals surface area contributed by atoms with Gasteiger partial charge in [-0.3, -0.25) is 5.10 Å². The van der Waals surface area contributed by atoms with Crippen LogP contribution in [0.2, 0.25) is 0 Å². The lowest BCUT2D eigenvalue weighted by Crippen LogP contribution is -2.13. The number of nitrogens with zero attached hydrogens (tertiary/aromatic N) is 2. The first kappa shape index (κ1) is 20.0. The van der Waals surface area contributed by atoms with Crippen molar-refractivity contribution in [3.63, 3.8) is 0 Å². The van der Waals surface area contributed by atoms with E-state index < -0.39 is 15.8 Å². The van der Waals surface area contributed by atoms with E-state index in [-0.39, 0.29) is 17.1 Å². The van der Waals surface area contributed by atoms with Gasteiger partial charge in [0.2, 0.25) is 15.9 Å². The van der Waals surface area contributed by atoms with Gasteiger partial charge in [0.15, 0.2) is 5.82 Å². The van der Waals surface area contributed by atoms with E-state index in [4.69, 9.17) is 4.74 Å². The van der Waals surface area contributed by atoms with Gasteiger partial charge in [-0.1, -0.05) is 6.07 Å². The highest BCUT2D eigenvalue weighted by Gasteiger charge is 2.30. The van der Waals surface area contributed by atoms with Crippen LogP contribution in [0.4, 0.5) is 15.9 Å². The van der Waals surface area contributed by atoms with Crippen LogP contribution in [0.25, 0.3) is 0 Å². The van der Waals surface area contributed by atoms with E-state index in [1.165, 1.54) is 6.07 Å². The average molecular weight is 444 g/mol. The zero-order valence-corrected chi connectivity index (χ0v) is 17.7. The number of hydrogen-bond donors (Lipinski definition) is 3. The molecule has 31 heavy (non-hydrogen) atoms. The van der Waals surface area contributed by atoms with Crippen molar-refractivity contribution in [2.45, 2.75) is 42.5 Å². The van der Waals surface area contributed by atoms with Gasteiger partial charge in [-0.25, -0.2) is 22.5 Å². The summed E-state index contributed by atoms with van der Waals surface area (Å²) in [5.74, 6) is 1.13. The highest BCUT2D eigenvalue weighted by molar-refractivity contribution is 7.89. The Morgan fingerprint density at radius 1 is 1.19 bits per heavy atom. The molecule has 2 atom stereocenters. The molecule has 1 aromatic carbocycles. The van der Waals surface area contributed by atoms with Gasteiger partial charge in [0, 0.05) is 41.9 Å². The highest BCUT2D eigenvalue weighted by atomic mass is 32.2. The van der Waals surface area contributed by atoms with E-state index >= 15 is 0 Å². The van der Waals surface area contributed by atoms with Gasteiger partial charge in [0.1, 0.15) is 5.82 Å². The maximum atomic E-state index is 14.5. The van der Waals surface area contributed by atoms with Gasteiger partial charge in [0.25, 0.3) is 0 Å². The standard InChI is InChI=1S/C21H22FN5O3S/c1-30-21-4-2-3-16(25-21)12-5-6-13(7-12)17-10-20(27-26-17)24-18-8-14-11-23-31(28,29)19(14)9-15(18)22/h2-4,8-10,12-13,23H,5-7,11H2,1H3,(H2,24,26,27). The zero-order valence-electron chi connectivity index (χ0n) is 16.9.